The molecule has 29 heavy (non-hydrogen) atoms. The molecular weight excluding hydrogens is 362 g/mol. The molecule has 0 spiro atoms. The van der Waals surface area contributed by atoms with E-state index in [1.165, 1.54) is 44.5 Å². The summed E-state index contributed by atoms with van der Waals surface area (Å²) < 4.78 is 5.42. The number of benzene rings is 1. The third-order valence-electron chi connectivity index (χ3n) is 5.83. The SMILES string of the molecule is CCNC(=NCC(c1ccccc1)N1CCCC1)NCCCCN1CCOCC1. The Kier molecular flexibility index (Phi) is 9.76. The maximum Gasteiger partial charge on any atom is 0.191 e. The first kappa shape index (κ1) is 22.1. The van der Waals surface area contributed by atoms with E-state index >= 15 is 0 Å². The first-order valence-corrected chi connectivity index (χ1v) is 11.5. The Bertz CT molecular complexity index is 582. The van der Waals surface area contributed by atoms with E-state index in [0.717, 1.165) is 58.3 Å². The Labute approximate surface area is 176 Å². The minimum absolute atomic E-state index is 0.371. The van der Waals surface area contributed by atoms with Crippen molar-refractivity contribution in [3.05, 3.63) is 35.9 Å². The van der Waals surface area contributed by atoms with Crippen molar-refractivity contribution in [2.45, 2.75) is 38.6 Å². The van der Waals surface area contributed by atoms with Gasteiger partial charge in [-0.25, -0.2) is 0 Å². The second-order valence-electron chi connectivity index (χ2n) is 7.98. The molecule has 2 aliphatic rings. The van der Waals surface area contributed by atoms with Crippen LogP contribution in [0, 0.1) is 0 Å². The fourth-order valence-electron chi connectivity index (χ4n) is 4.17. The quantitative estimate of drug-likeness (QED) is 0.358. The normalized spacial score (nSPS) is 20.0. The molecule has 162 valence electrons. The van der Waals surface area contributed by atoms with Crippen LogP contribution in [0.15, 0.2) is 35.3 Å². The summed E-state index contributed by atoms with van der Waals surface area (Å²) in [5.41, 5.74) is 1.37. The van der Waals surface area contributed by atoms with Gasteiger partial charge in [0.25, 0.3) is 0 Å². The topological polar surface area (TPSA) is 52.1 Å². The molecule has 6 heteroatoms. The fourth-order valence-corrected chi connectivity index (χ4v) is 4.17. The predicted molar refractivity (Wildman–Crippen MR) is 120 cm³/mol. The number of nitrogens with zero attached hydrogens (tertiary/aromatic N) is 3. The van der Waals surface area contributed by atoms with Gasteiger partial charge in [0.2, 0.25) is 0 Å². The zero-order valence-corrected chi connectivity index (χ0v) is 18.1. The summed E-state index contributed by atoms with van der Waals surface area (Å²) in [5, 5.41) is 6.95. The Hall–Kier alpha value is -1.63. The van der Waals surface area contributed by atoms with E-state index in [2.05, 4.69) is 57.7 Å². The van der Waals surface area contributed by atoms with Crippen molar-refractivity contribution in [2.24, 2.45) is 4.99 Å². The molecular formula is C23H39N5O. The molecule has 6 nitrogen and oxygen atoms in total. The molecule has 2 N–H and O–H groups in total. The molecule has 2 saturated heterocycles. The molecule has 0 radical (unpaired) electrons. The van der Waals surface area contributed by atoms with Crippen molar-refractivity contribution < 1.29 is 4.74 Å². The van der Waals surface area contributed by atoms with Crippen LogP contribution in [0.5, 0.6) is 0 Å². The molecule has 0 aliphatic carbocycles. The van der Waals surface area contributed by atoms with Gasteiger partial charge >= 0.3 is 0 Å². The lowest BCUT2D eigenvalue weighted by molar-refractivity contribution is 0.0372. The van der Waals surface area contributed by atoms with Crippen LogP contribution >= 0.6 is 0 Å². The summed E-state index contributed by atoms with van der Waals surface area (Å²) in [6.45, 7) is 12.2. The predicted octanol–water partition coefficient (Wildman–Crippen LogP) is 2.49. The number of unbranched alkanes of at least 4 members (excludes halogenated alkanes) is 1. The van der Waals surface area contributed by atoms with Gasteiger partial charge in [0.15, 0.2) is 5.96 Å². The molecule has 1 aromatic carbocycles. The average Bonchev–Trinajstić information content (AvgIpc) is 3.29. The van der Waals surface area contributed by atoms with Gasteiger partial charge in [-0.3, -0.25) is 14.8 Å². The molecule has 1 aromatic rings. The number of aliphatic imine (C=N–C) groups is 1. The largest absolute Gasteiger partial charge is 0.379 e. The number of ether oxygens (including phenoxy) is 1. The molecule has 3 rings (SSSR count). The number of nitrogens with one attached hydrogen (secondary N) is 2. The molecule has 2 heterocycles. The molecule has 1 unspecified atom stereocenters. The van der Waals surface area contributed by atoms with Crippen LogP contribution in [0.1, 0.15) is 44.2 Å². The van der Waals surface area contributed by atoms with Crippen LogP contribution in [0.3, 0.4) is 0 Å². The van der Waals surface area contributed by atoms with Gasteiger partial charge in [-0.05, 0) is 57.8 Å². The van der Waals surface area contributed by atoms with E-state index in [9.17, 15) is 0 Å². The number of likely N-dealkylation sites (tertiary alicyclic amines) is 1. The third-order valence-corrected chi connectivity index (χ3v) is 5.83. The van der Waals surface area contributed by atoms with E-state index in [1.807, 2.05) is 0 Å². The van der Waals surface area contributed by atoms with Crippen LogP contribution < -0.4 is 10.6 Å². The maximum atomic E-state index is 5.42. The number of guanidine groups is 1. The minimum atomic E-state index is 0.371. The third kappa shape index (κ3) is 7.61. The van der Waals surface area contributed by atoms with Gasteiger partial charge in [-0.1, -0.05) is 30.3 Å². The number of hydrogen-bond donors (Lipinski definition) is 2. The van der Waals surface area contributed by atoms with Gasteiger partial charge < -0.3 is 15.4 Å². The monoisotopic (exact) mass is 401 g/mol. The Morgan fingerprint density at radius 1 is 1.03 bits per heavy atom. The van der Waals surface area contributed by atoms with Crippen LogP contribution in [-0.4, -0.2) is 81.3 Å². The van der Waals surface area contributed by atoms with Gasteiger partial charge in [0.1, 0.15) is 0 Å². The Balaban J connectivity index is 1.47. The maximum absolute atomic E-state index is 5.42. The highest BCUT2D eigenvalue weighted by Gasteiger charge is 2.23. The van der Waals surface area contributed by atoms with Crippen LogP contribution in [-0.2, 0) is 4.74 Å². The average molecular weight is 402 g/mol. The van der Waals surface area contributed by atoms with Crippen LogP contribution in [0.25, 0.3) is 0 Å². The van der Waals surface area contributed by atoms with Crippen molar-refractivity contribution >= 4 is 5.96 Å². The summed E-state index contributed by atoms with van der Waals surface area (Å²) in [4.78, 5) is 10.0. The lowest BCUT2D eigenvalue weighted by atomic mass is 10.1. The zero-order valence-electron chi connectivity index (χ0n) is 18.1. The Morgan fingerprint density at radius 2 is 1.79 bits per heavy atom. The highest BCUT2D eigenvalue weighted by molar-refractivity contribution is 5.79. The van der Waals surface area contributed by atoms with Crippen molar-refractivity contribution in [3.63, 3.8) is 0 Å². The lowest BCUT2D eigenvalue weighted by Crippen LogP contribution is -2.39. The first-order valence-electron chi connectivity index (χ1n) is 11.5. The standard InChI is InChI=1S/C23H39N5O/c1-2-24-23(25-12-6-7-13-27-16-18-29-19-17-27)26-20-22(28-14-8-9-15-28)21-10-4-3-5-11-21/h3-5,10-11,22H,2,6-9,12-20H2,1H3,(H2,24,25,26). The fraction of sp³-hybridized carbons (Fsp3) is 0.696. The summed E-state index contributed by atoms with van der Waals surface area (Å²) in [6, 6.07) is 11.2. The second-order valence-corrected chi connectivity index (χ2v) is 7.98. The number of rotatable bonds is 10. The molecule has 0 aromatic heterocycles. The van der Waals surface area contributed by atoms with E-state index < -0.39 is 0 Å². The van der Waals surface area contributed by atoms with Crippen molar-refractivity contribution in [2.75, 3.05) is 65.6 Å². The minimum Gasteiger partial charge on any atom is -0.379 e. The van der Waals surface area contributed by atoms with Gasteiger partial charge in [-0.15, -0.1) is 0 Å². The van der Waals surface area contributed by atoms with Crippen molar-refractivity contribution in [3.8, 4) is 0 Å². The number of hydrogen-bond acceptors (Lipinski definition) is 4. The smallest absolute Gasteiger partial charge is 0.191 e. The summed E-state index contributed by atoms with van der Waals surface area (Å²) in [7, 11) is 0. The van der Waals surface area contributed by atoms with Crippen molar-refractivity contribution in [1.29, 1.82) is 0 Å². The van der Waals surface area contributed by atoms with E-state index in [4.69, 9.17) is 9.73 Å². The second kappa shape index (κ2) is 12.8. The summed E-state index contributed by atoms with van der Waals surface area (Å²) >= 11 is 0. The summed E-state index contributed by atoms with van der Waals surface area (Å²) in [5.74, 6) is 0.944. The lowest BCUT2D eigenvalue weighted by Gasteiger charge is -2.27. The highest BCUT2D eigenvalue weighted by Crippen LogP contribution is 2.25. The van der Waals surface area contributed by atoms with Gasteiger partial charge in [0.05, 0.1) is 25.8 Å². The summed E-state index contributed by atoms with van der Waals surface area (Å²) in [6.07, 6.45) is 4.98. The molecule has 2 fully saturated rings. The van der Waals surface area contributed by atoms with Crippen molar-refractivity contribution in [1.82, 2.24) is 20.4 Å². The Morgan fingerprint density at radius 3 is 2.52 bits per heavy atom. The zero-order chi connectivity index (χ0) is 20.2. The van der Waals surface area contributed by atoms with E-state index in [-0.39, 0.29) is 0 Å². The van der Waals surface area contributed by atoms with Gasteiger partial charge in [0, 0.05) is 26.2 Å². The van der Waals surface area contributed by atoms with E-state index in [0.29, 0.717) is 6.04 Å². The molecule has 0 bridgehead atoms. The number of morpholine rings is 1. The molecule has 2 aliphatic heterocycles. The van der Waals surface area contributed by atoms with Crippen LogP contribution in [0.4, 0.5) is 0 Å². The van der Waals surface area contributed by atoms with E-state index in [1.54, 1.807) is 0 Å². The molecule has 0 amide bonds. The molecule has 0 saturated carbocycles. The van der Waals surface area contributed by atoms with Crippen LogP contribution in [0.2, 0.25) is 0 Å². The highest BCUT2D eigenvalue weighted by atomic mass is 16.5. The van der Waals surface area contributed by atoms with Gasteiger partial charge in [-0.2, -0.15) is 0 Å². The first-order chi connectivity index (χ1) is 14.4. The molecule has 1 atom stereocenters.